The third-order valence-corrected chi connectivity index (χ3v) is 2.13. The van der Waals surface area contributed by atoms with Gasteiger partial charge < -0.3 is 6.15 Å². The highest BCUT2D eigenvalue weighted by molar-refractivity contribution is 6.41. The molecule has 1 rings (SSSR count). The van der Waals surface area contributed by atoms with Crippen LogP contribution < -0.4 is 6.15 Å². The summed E-state index contributed by atoms with van der Waals surface area (Å²) in [4.78, 5) is 0. The quantitative estimate of drug-likeness (QED) is 0.722. The third-order valence-electron chi connectivity index (χ3n) is 1.39. The van der Waals surface area contributed by atoms with E-state index < -0.39 is 0 Å². The van der Waals surface area contributed by atoms with E-state index in [1.807, 2.05) is 18.2 Å². The molecule has 3 N–H and O–H groups in total. The average Bonchev–Trinajstić information content (AvgIpc) is 1.95. The van der Waals surface area contributed by atoms with Crippen molar-refractivity contribution in [1.82, 2.24) is 6.15 Å². The Labute approximate surface area is 76.9 Å². The van der Waals surface area contributed by atoms with Crippen LogP contribution in [0, 0.1) is 0 Å². The topological polar surface area (TPSA) is 35.0 Å². The van der Waals surface area contributed by atoms with Crippen LogP contribution in [0.1, 0.15) is 12.5 Å². The first kappa shape index (κ1) is 10.8. The number of hydrogen-bond donors (Lipinski definition) is 1. The molecule has 0 aromatic heterocycles. The molecular formula is C8H11Cl2N. The van der Waals surface area contributed by atoms with Crippen LogP contribution >= 0.6 is 23.2 Å². The molecule has 0 atom stereocenters. The molecule has 0 radical (unpaired) electrons. The first-order valence-corrected chi connectivity index (χ1v) is 3.93. The van der Waals surface area contributed by atoms with Crippen LogP contribution in [0.3, 0.4) is 0 Å². The lowest BCUT2D eigenvalue weighted by molar-refractivity contribution is 1.14. The van der Waals surface area contributed by atoms with E-state index in [0.717, 1.165) is 6.42 Å². The molecule has 0 heterocycles. The van der Waals surface area contributed by atoms with Crippen molar-refractivity contribution in [3.63, 3.8) is 0 Å². The zero-order valence-corrected chi connectivity index (χ0v) is 7.91. The highest BCUT2D eigenvalue weighted by Crippen LogP contribution is 2.22. The molecule has 62 valence electrons. The summed E-state index contributed by atoms with van der Waals surface area (Å²) in [6.45, 7) is 2.08. The van der Waals surface area contributed by atoms with Gasteiger partial charge >= 0.3 is 0 Å². The van der Waals surface area contributed by atoms with Crippen molar-refractivity contribution in [2.45, 2.75) is 13.3 Å². The highest BCUT2D eigenvalue weighted by atomic mass is 35.5. The van der Waals surface area contributed by atoms with Gasteiger partial charge in [-0.1, -0.05) is 36.2 Å². The summed E-state index contributed by atoms with van der Waals surface area (Å²) in [7, 11) is 0. The first-order valence-electron chi connectivity index (χ1n) is 3.18. The molecule has 0 saturated carbocycles. The monoisotopic (exact) mass is 191 g/mol. The molecule has 0 bridgehead atoms. The fraction of sp³-hybridized carbons (Fsp3) is 0.250. The van der Waals surface area contributed by atoms with Gasteiger partial charge in [0.15, 0.2) is 0 Å². The van der Waals surface area contributed by atoms with E-state index in [1.54, 1.807) is 0 Å². The van der Waals surface area contributed by atoms with E-state index in [1.165, 1.54) is 5.56 Å². The van der Waals surface area contributed by atoms with Gasteiger partial charge in [0.25, 0.3) is 0 Å². The Bertz CT molecular complexity index is 236. The molecule has 1 aromatic carbocycles. The van der Waals surface area contributed by atoms with Gasteiger partial charge in [0.1, 0.15) is 0 Å². The Morgan fingerprint density at radius 1 is 1.18 bits per heavy atom. The molecule has 0 aliphatic carbocycles. The van der Waals surface area contributed by atoms with Gasteiger partial charge in [-0.15, -0.1) is 0 Å². The molecule has 1 nitrogen and oxygen atoms in total. The summed E-state index contributed by atoms with van der Waals surface area (Å²) >= 11 is 11.5. The molecule has 3 heteroatoms. The van der Waals surface area contributed by atoms with Crippen LogP contribution in [0.25, 0.3) is 0 Å². The standard InChI is InChI=1S/C8H8Cl2.H3N/c1-2-6-3-4-7(9)8(10)5-6;/h3-5H,2H2,1H3;1H3. The average molecular weight is 192 g/mol. The maximum atomic E-state index is 5.76. The molecule has 0 saturated heterocycles. The maximum Gasteiger partial charge on any atom is 0.0595 e. The lowest BCUT2D eigenvalue weighted by atomic mass is 10.2. The minimum atomic E-state index is 0. The van der Waals surface area contributed by atoms with Crippen molar-refractivity contribution in [2.75, 3.05) is 0 Å². The fourth-order valence-corrected chi connectivity index (χ4v) is 1.08. The van der Waals surface area contributed by atoms with Gasteiger partial charge in [-0.25, -0.2) is 0 Å². The highest BCUT2D eigenvalue weighted by Gasteiger charge is 1.96. The van der Waals surface area contributed by atoms with E-state index in [9.17, 15) is 0 Å². The normalized spacial score (nSPS) is 9.00. The minimum Gasteiger partial charge on any atom is -0.344 e. The molecular weight excluding hydrogens is 181 g/mol. The lowest BCUT2D eigenvalue weighted by Gasteiger charge is -1.97. The van der Waals surface area contributed by atoms with Crippen molar-refractivity contribution >= 4 is 23.2 Å². The Balaban J connectivity index is 0.000001000. The fourth-order valence-electron chi connectivity index (χ4n) is 0.760. The van der Waals surface area contributed by atoms with Crippen molar-refractivity contribution in [3.8, 4) is 0 Å². The molecule has 1 aromatic rings. The molecule has 0 amide bonds. The van der Waals surface area contributed by atoms with Gasteiger partial charge in [0.2, 0.25) is 0 Å². The lowest BCUT2D eigenvalue weighted by Crippen LogP contribution is -1.78. The molecule has 0 unspecified atom stereocenters. The van der Waals surface area contributed by atoms with Gasteiger partial charge in [0.05, 0.1) is 10.0 Å². The van der Waals surface area contributed by atoms with E-state index in [0.29, 0.717) is 10.0 Å². The third kappa shape index (κ3) is 2.70. The van der Waals surface area contributed by atoms with E-state index in [4.69, 9.17) is 23.2 Å². The summed E-state index contributed by atoms with van der Waals surface area (Å²) in [5.74, 6) is 0. The Hall–Kier alpha value is -0.240. The second-order valence-corrected chi connectivity index (χ2v) is 2.92. The van der Waals surface area contributed by atoms with E-state index in [2.05, 4.69) is 6.92 Å². The predicted octanol–water partition coefficient (Wildman–Crippen LogP) is 3.72. The molecule has 0 fully saturated rings. The van der Waals surface area contributed by atoms with E-state index >= 15 is 0 Å². The second kappa shape index (κ2) is 4.60. The van der Waals surface area contributed by atoms with Gasteiger partial charge in [-0.3, -0.25) is 0 Å². The van der Waals surface area contributed by atoms with Crippen molar-refractivity contribution in [2.24, 2.45) is 0 Å². The predicted molar refractivity (Wildman–Crippen MR) is 50.9 cm³/mol. The zero-order valence-electron chi connectivity index (χ0n) is 6.40. The number of aryl methyl sites for hydroxylation is 1. The Morgan fingerprint density at radius 2 is 1.82 bits per heavy atom. The molecule has 0 aliphatic rings. The van der Waals surface area contributed by atoms with Gasteiger partial charge in [0, 0.05) is 0 Å². The van der Waals surface area contributed by atoms with E-state index in [-0.39, 0.29) is 6.15 Å². The minimum absolute atomic E-state index is 0. The van der Waals surface area contributed by atoms with Crippen molar-refractivity contribution < 1.29 is 0 Å². The molecule has 11 heavy (non-hydrogen) atoms. The SMILES string of the molecule is CCc1ccc(Cl)c(Cl)c1.N. The summed E-state index contributed by atoms with van der Waals surface area (Å²) < 4.78 is 0. The van der Waals surface area contributed by atoms with Crippen LogP contribution in [-0.4, -0.2) is 0 Å². The first-order chi connectivity index (χ1) is 4.74. The summed E-state index contributed by atoms with van der Waals surface area (Å²) in [6, 6.07) is 5.70. The molecule has 0 aliphatic heterocycles. The Kier molecular flexibility index (Phi) is 4.50. The van der Waals surface area contributed by atoms with Crippen LogP contribution in [-0.2, 0) is 6.42 Å². The Morgan fingerprint density at radius 3 is 2.27 bits per heavy atom. The van der Waals surface area contributed by atoms with Crippen LogP contribution in [0.5, 0.6) is 0 Å². The summed E-state index contributed by atoms with van der Waals surface area (Å²) in [5, 5.41) is 1.26. The largest absolute Gasteiger partial charge is 0.344 e. The maximum absolute atomic E-state index is 5.76. The van der Waals surface area contributed by atoms with Gasteiger partial charge in [-0.2, -0.15) is 0 Å². The van der Waals surface area contributed by atoms with Gasteiger partial charge in [-0.05, 0) is 24.1 Å². The number of benzene rings is 1. The smallest absolute Gasteiger partial charge is 0.0595 e. The number of rotatable bonds is 1. The second-order valence-electron chi connectivity index (χ2n) is 2.10. The summed E-state index contributed by atoms with van der Waals surface area (Å²) in [5.41, 5.74) is 1.22. The molecule has 0 spiro atoms. The zero-order chi connectivity index (χ0) is 7.56. The van der Waals surface area contributed by atoms with Crippen molar-refractivity contribution in [1.29, 1.82) is 0 Å². The number of halogens is 2. The van der Waals surface area contributed by atoms with Crippen LogP contribution in [0.15, 0.2) is 18.2 Å². The number of hydrogen-bond acceptors (Lipinski definition) is 1. The van der Waals surface area contributed by atoms with Crippen LogP contribution in [0.4, 0.5) is 0 Å². The van der Waals surface area contributed by atoms with Crippen molar-refractivity contribution in [3.05, 3.63) is 33.8 Å². The van der Waals surface area contributed by atoms with Crippen LogP contribution in [0.2, 0.25) is 10.0 Å². The summed E-state index contributed by atoms with van der Waals surface area (Å²) in [6.07, 6.45) is 0.997.